The van der Waals surface area contributed by atoms with Crippen LogP contribution >= 0.6 is 0 Å². The largest absolute Gasteiger partial charge is 0.328 e. The molecule has 2 aliphatic rings. The van der Waals surface area contributed by atoms with Crippen LogP contribution in [0.3, 0.4) is 0 Å². The quantitative estimate of drug-likeness (QED) is 0.759. The first-order valence-electron chi connectivity index (χ1n) is 10.0. The van der Waals surface area contributed by atoms with Gasteiger partial charge in [0.1, 0.15) is 0 Å². The van der Waals surface area contributed by atoms with Gasteiger partial charge in [-0.3, -0.25) is 0 Å². The van der Waals surface area contributed by atoms with Gasteiger partial charge in [-0.15, -0.1) is 0 Å². The maximum atomic E-state index is 6.06. The zero-order valence-electron chi connectivity index (χ0n) is 15.7. The Balaban J connectivity index is 0.000000220. The lowest BCUT2D eigenvalue weighted by molar-refractivity contribution is 0.223. The van der Waals surface area contributed by atoms with E-state index in [2.05, 4.69) is 27.7 Å². The second-order valence-corrected chi connectivity index (χ2v) is 8.07. The molecule has 132 valence electrons. The second-order valence-electron chi connectivity index (χ2n) is 8.07. The molecule has 0 spiro atoms. The Morgan fingerprint density at radius 3 is 2.00 bits per heavy atom. The topological polar surface area (TPSA) is 52.0 Å². The van der Waals surface area contributed by atoms with Crippen molar-refractivity contribution in [1.82, 2.24) is 0 Å². The van der Waals surface area contributed by atoms with Crippen molar-refractivity contribution in [2.24, 2.45) is 35.1 Å². The number of hydrogen-bond donors (Lipinski definition) is 2. The van der Waals surface area contributed by atoms with Gasteiger partial charge in [0.2, 0.25) is 0 Å². The molecule has 0 bridgehead atoms. The highest BCUT2D eigenvalue weighted by molar-refractivity contribution is 4.81. The predicted molar refractivity (Wildman–Crippen MR) is 98.8 cm³/mol. The molecule has 2 aliphatic carbocycles. The molecular weight excluding hydrogens is 268 g/mol. The third-order valence-corrected chi connectivity index (χ3v) is 6.45. The van der Waals surface area contributed by atoms with Crippen LogP contribution < -0.4 is 11.5 Å². The minimum atomic E-state index is 0.499. The van der Waals surface area contributed by atoms with Crippen LogP contribution in [0.15, 0.2) is 0 Å². The molecule has 2 nitrogen and oxygen atoms in total. The smallest absolute Gasteiger partial charge is 0.00697 e. The van der Waals surface area contributed by atoms with E-state index in [0.29, 0.717) is 12.1 Å². The van der Waals surface area contributed by atoms with E-state index in [1.165, 1.54) is 64.2 Å². The molecular formula is C20H42N2. The summed E-state index contributed by atoms with van der Waals surface area (Å²) in [6, 6.07) is 1.00. The summed E-state index contributed by atoms with van der Waals surface area (Å²) in [5, 5.41) is 0. The van der Waals surface area contributed by atoms with E-state index in [4.69, 9.17) is 11.5 Å². The molecule has 0 aliphatic heterocycles. The molecule has 2 rings (SSSR count). The molecule has 0 radical (unpaired) electrons. The summed E-state index contributed by atoms with van der Waals surface area (Å²) in [6.07, 6.45) is 13.3. The normalized spacial score (nSPS) is 35.2. The fraction of sp³-hybridized carbons (Fsp3) is 1.00. The van der Waals surface area contributed by atoms with Crippen LogP contribution in [0.1, 0.15) is 91.9 Å². The number of rotatable bonds is 4. The van der Waals surface area contributed by atoms with Crippen molar-refractivity contribution in [2.45, 2.75) is 104 Å². The van der Waals surface area contributed by atoms with Gasteiger partial charge in [-0.2, -0.15) is 0 Å². The van der Waals surface area contributed by atoms with Crippen LogP contribution in [0, 0.1) is 23.7 Å². The van der Waals surface area contributed by atoms with Crippen molar-refractivity contribution in [1.29, 1.82) is 0 Å². The molecule has 0 aromatic carbocycles. The molecule has 2 saturated carbocycles. The van der Waals surface area contributed by atoms with E-state index >= 15 is 0 Å². The maximum Gasteiger partial charge on any atom is 0.00697 e. The van der Waals surface area contributed by atoms with Crippen LogP contribution in [0.2, 0.25) is 0 Å². The first-order chi connectivity index (χ1) is 10.5. The summed E-state index contributed by atoms with van der Waals surface area (Å²) < 4.78 is 0. The molecule has 2 heteroatoms. The summed E-state index contributed by atoms with van der Waals surface area (Å²) in [5.41, 5.74) is 12.0. The van der Waals surface area contributed by atoms with E-state index in [0.717, 1.165) is 23.7 Å². The first-order valence-corrected chi connectivity index (χ1v) is 10.0. The Labute approximate surface area is 139 Å². The monoisotopic (exact) mass is 310 g/mol. The van der Waals surface area contributed by atoms with Crippen molar-refractivity contribution in [3.63, 3.8) is 0 Å². The number of nitrogens with two attached hydrogens (primary N) is 2. The molecule has 0 amide bonds. The van der Waals surface area contributed by atoms with Gasteiger partial charge in [-0.25, -0.2) is 0 Å². The van der Waals surface area contributed by atoms with Crippen LogP contribution in [0.4, 0.5) is 0 Å². The Hall–Kier alpha value is -0.0800. The van der Waals surface area contributed by atoms with Crippen molar-refractivity contribution < 1.29 is 0 Å². The highest BCUT2D eigenvalue weighted by Gasteiger charge is 2.25. The summed E-state index contributed by atoms with van der Waals surface area (Å²) in [5.74, 6) is 3.46. The third-order valence-electron chi connectivity index (χ3n) is 6.45. The van der Waals surface area contributed by atoms with Crippen molar-refractivity contribution in [2.75, 3.05) is 0 Å². The summed E-state index contributed by atoms with van der Waals surface area (Å²) in [4.78, 5) is 0. The van der Waals surface area contributed by atoms with Crippen LogP contribution in [0.5, 0.6) is 0 Å². The molecule has 22 heavy (non-hydrogen) atoms. The Bertz CT molecular complexity index is 275. The maximum absolute atomic E-state index is 6.06. The minimum Gasteiger partial charge on any atom is -0.328 e. The predicted octanol–water partition coefficient (Wildman–Crippen LogP) is 5.10. The van der Waals surface area contributed by atoms with Crippen LogP contribution in [-0.4, -0.2) is 12.1 Å². The standard InChI is InChI=1S/2C10H21N/c1-3-8(2)9-5-4-6-10(11)7-9;1-3-8(2)9-6-4-5-7-10(9)11/h2*8-10H,3-7,11H2,1-2H3. The fourth-order valence-electron chi connectivity index (χ4n) is 4.31. The summed E-state index contributed by atoms with van der Waals surface area (Å²) in [7, 11) is 0. The van der Waals surface area contributed by atoms with Crippen LogP contribution in [0.25, 0.3) is 0 Å². The lowest BCUT2D eigenvalue weighted by Crippen LogP contribution is -2.36. The van der Waals surface area contributed by atoms with Gasteiger partial charge in [-0.05, 0) is 49.4 Å². The molecule has 6 unspecified atom stereocenters. The second kappa shape index (κ2) is 10.6. The number of hydrogen-bond acceptors (Lipinski definition) is 2. The lowest BCUT2D eigenvalue weighted by atomic mass is 9.77. The van der Waals surface area contributed by atoms with Gasteiger partial charge in [-0.1, -0.05) is 66.2 Å². The van der Waals surface area contributed by atoms with E-state index in [9.17, 15) is 0 Å². The molecule has 0 heterocycles. The highest BCUT2D eigenvalue weighted by atomic mass is 14.7. The molecule has 0 aromatic heterocycles. The van der Waals surface area contributed by atoms with E-state index < -0.39 is 0 Å². The molecule has 2 fully saturated rings. The highest BCUT2D eigenvalue weighted by Crippen LogP contribution is 2.31. The van der Waals surface area contributed by atoms with Gasteiger partial charge >= 0.3 is 0 Å². The van der Waals surface area contributed by atoms with E-state index in [1.807, 2.05) is 0 Å². The lowest BCUT2D eigenvalue weighted by Gasteiger charge is -2.32. The van der Waals surface area contributed by atoms with Crippen molar-refractivity contribution in [3.05, 3.63) is 0 Å². The average molecular weight is 311 g/mol. The summed E-state index contributed by atoms with van der Waals surface area (Å²) >= 11 is 0. The Morgan fingerprint density at radius 2 is 1.45 bits per heavy atom. The first kappa shape index (κ1) is 20.0. The molecule has 0 aromatic rings. The zero-order chi connectivity index (χ0) is 16.5. The van der Waals surface area contributed by atoms with Gasteiger partial charge in [0.25, 0.3) is 0 Å². The SMILES string of the molecule is CCC(C)C1CCCC(N)C1.CCC(C)C1CCCCC1N. The third kappa shape index (κ3) is 6.58. The fourth-order valence-corrected chi connectivity index (χ4v) is 4.31. The van der Waals surface area contributed by atoms with Gasteiger partial charge in [0.05, 0.1) is 0 Å². The van der Waals surface area contributed by atoms with Gasteiger partial charge < -0.3 is 11.5 Å². The average Bonchev–Trinajstić information content (AvgIpc) is 2.54. The van der Waals surface area contributed by atoms with Gasteiger partial charge in [0, 0.05) is 12.1 Å². The zero-order valence-corrected chi connectivity index (χ0v) is 15.7. The summed E-state index contributed by atoms with van der Waals surface area (Å²) in [6.45, 7) is 9.26. The van der Waals surface area contributed by atoms with Crippen molar-refractivity contribution in [3.8, 4) is 0 Å². The Kier molecular flexibility index (Phi) is 9.66. The Morgan fingerprint density at radius 1 is 0.818 bits per heavy atom. The van der Waals surface area contributed by atoms with Gasteiger partial charge in [0.15, 0.2) is 0 Å². The molecule has 4 N–H and O–H groups in total. The minimum absolute atomic E-state index is 0.499. The molecule has 0 saturated heterocycles. The van der Waals surface area contributed by atoms with E-state index in [1.54, 1.807) is 0 Å². The van der Waals surface area contributed by atoms with Crippen molar-refractivity contribution >= 4 is 0 Å². The molecule has 6 atom stereocenters. The van der Waals surface area contributed by atoms with E-state index in [-0.39, 0.29) is 0 Å². The van der Waals surface area contributed by atoms with Crippen LogP contribution in [-0.2, 0) is 0 Å².